The number of nitrogens with two attached hydrogens (primary N) is 1. The second kappa shape index (κ2) is 5.28. The van der Waals surface area contributed by atoms with Gasteiger partial charge in [-0.1, -0.05) is 30.3 Å². The number of nitrogens with zero attached hydrogens (tertiary/aromatic N) is 2. The maximum atomic E-state index is 6.46. The number of imidazole rings is 1. The van der Waals surface area contributed by atoms with Crippen LogP contribution in [0.4, 0.5) is 0 Å². The number of hydrogen-bond acceptors (Lipinski definition) is 3. The fourth-order valence-corrected chi connectivity index (χ4v) is 3.44. The van der Waals surface area contributed by atoms with Gasteiger partial charge in [-0.05, 0) is 30.7 Å². The summed E-state index contributed by atoms with van der Waals surface area (Å²) >= 11 is 0. The van der Waals surface area contributed by atoms with Crippen LogP contribution in [0.15, 0.2) is 42.9 Å². The van der Waals surface area contributed by atoms with E-state index in [4.69, 9.17) is 10.5 Å². The van der Waals surface area contributed by atoms with E-state index in [0.717, 1.165) is 30.2 Å². The summed E-state index contributed by atoms with van der Waals surface area (Å²) in [6, 6.07) is 10.5. The average molecular weight is 283 g/mol. The molecule has 0 radical (unpaired) electrons. The van der Waals surface area contributed by atoms with E-state index in [-0.39, 0.29) is 6.04 Å². The highest BCUT2D eigenvalue weighted by Crippen LogP contribution is 2.44. The third-order valence-corrected chi connectivity index (χ3v) is 4.72. The molecule has 110 valence electrons. The highest BCUT2D eigenvalue weighted by atomic mass is 16.5. The minimum absolute atomic E-state index is 0.130. The molecule has 1 aromatic carbocycles. The topological polar surface area (TPSA) is 53.1 Å². The second-order valence-corrected chi connectivity index (χ2v) is 6.14. The average Bonchev–Trinajstić information content (AvgIpc) is 3.07. The molecule has 4 rings (SSSR count). The van der Waals surface area contributed by atoms with Crippen LogP contribution in [0.2, 0.25) is 0 Å². The summed E-state index contributed by atoms with van der Waals surface area (Å²) in [6.07, 6.45) is 7.84. The standard InChI is InChI=1S/C17H21N3O/c18-16(12-4-2-1-3-5-12)15-10-19-11-20(15)14-8-9-21-17(14)13-6-7-13/h1-5,10-11,13-14,16-17H,6-9,18H2. The molecule has 2 aromatic rings. The lowest BCUT2D eigenvalue weighted by atomic mass is 10.0. The first-order valence-corrected chi connectivity index (χ1v) is 7.78. The Hall–Kier alpha value is -1.65. The molecular formula is C17H21N3O. The summed E-state index contributed by atoms with van der Waals surface area (Å²) in [6.45, 7) is 0.851. The van der Waals surface area contributed by atoms with Gasteiger partial charge in [-0.3, -0.25) is 0 Å². The van der Waals surface area contributed by atoms with Crippen LogP contribution in [0, 0.1) is 5.92 Å². The van der Waals surface area contributed by atoms with E-state index in [9.17, 15) is 0 Å². The van der Waals surface area contributed by atoms with Gasteiger partial charge in [0.1, 0.15) is 0 Å². The van der Waals surface area contributed by atoms with Crippen LogP contribution >= 0.6 is 0 Å². The van der Waals surface area contributed by atoms with Crippen molar-refractivity contribution in [2.75, 3.05) is 6.61 Å². The van der Waals surface area contributed by atoms with Gasteiger partial charge in [0, 0.05) is 6.61 Å². The Labute approximate surface area is 124 Å². The molecule has 21 heavy (non-hydrogen) atoms. The Morgan fingerprint density at radius 1 is 1.19 bits per heavy atom. The molecule has 4 heteroatoms. The molecule has 4 nitrogen and oxygen atoms in total. The molecule has 0 spiro atoms. The molecule has 1 aliphatic heterocycles. The molecular weight excluding hydrogens is 262 g/mol. The molecule has 2 N–H and O–H groups in total. The minimum atomic E-state index is -0.130. The lowest BCUT2D eigenvalue weighted by Gasteiger charge is -2.24. The zero-order valence-corrected chi connectivity index (χ0v) is 12.1. The van der Waals surface area contributed by atoms with Crippen molar-refractivity contribution in [1.29, 1.82) is 0 Å². The van der Waals surface area contributed by atoms with Gasteiger partial charge in [0.15, 0.2) is 0 Å². The fraction of sp³-hybridized carbons (Fsp3) is 0.471. The maximum Gasteiger partial charge on any atom is 0.0952 e. The van der Waals surface area contributed by atoms with E-state index in [2.05, 4.69) is 21.7 Å². The quantitative estimate of drug-likeness (QED) is 0.938. The van der Waals surface area contributed by atoms with E-state index in [1.807, 2.05) is 30.7 Å². The minimum Gasteiger partial charge on any atom is -0.376 e. The highest BCUT2D eigenvalue weighted by molar-refractivity contribution is 5.27. The van der Waals surface area contributed by atoms with Gasteiger partial charge in [0.25, 0.3) is 0 Å². The van der Waals surface area contributed by atoms with Gasteiger partial charge in [-0.25, -0.2) is 4.98 Å². The first-order valence-electron chi connectivity index (χ1n) is 7.78. The molecule has 1 saturated heterocycles. The highest BCUT2D eigenvalue weighted by Gasteiger charge is 2.42. The van der Waals surface area contributed by atoms with Crippen molar-refractivity contribution in [3.63, 3.8) is 0 Å². The second-order valence-electron chi connectivity index (χ2n) is 6.14. The third kappa shape index (κ3) is 2.39. The lowest BCUT2D eigenvalue weighted by molar-refractivity contribution is 0.0744. The SMILES string of the molecule is NC(c1ccccc1)c1cncn1C1CCOC1C1CC1. The van der Waals surface area contributed by atoms with E-state index in [1.54, 1.807) is 0 Å². The molecule has 1 saturated carbocycles. The molecule has 1 aliphatic carbocycles. The van der Waals surface area contributed by atoms with Gasteiger partial charge in [0.2, 0.25) is 0 Å². The number of aromatic nitrogens is 2. The Morgan fingerprint density at radius 2 is 2.00 bits per heavy atom. The van der Waals surface area contributed by atoms with Crippen LogP contribution in [-0.2, 0) is 4.74 Å². The van der Waals surface area contributed by atoms with Crippen LogP contribution in [-0.4, -0.2) is 22.3 Å². The van der Waals surface area contributed by atoms with Crippen molar-refractivity contribution in [3.05, 3.63) is 54.1 Å². The van der Waals surface area contributed by atoms with Crippen molar-refractivity contribution < 1.29 is 4.74 Å². The van der Waals surface area contributed by atoms with Crippen LogP contribution in [0.25, 0.3) is 0 Å². The molecule has 1 aromatic heterocycles. The van der Waals surface area contributed by atoms with E-state index >= 15 is 0 Å². The molecule has 2 heterocycles. The van der Waals surface area contributed by atoms with E-state index in [0.29, 0.717) is 12.1 Å². The van der Waals surface area contributed by atoms with Gasteiger partial charge < -0.3 is 15.0 Å². The van der Waals surface area contributed by atoms with E-state index < -0.39 is 0 Å². The summed E-state index contributed by atoms with van der Waals surface area (Å²) in [7, 11) is 0. The molecule has 2 fully saturated rings. The van der Waals surface area contributed by atoms with Crippen LogP contribution in [0.5, 0.6) is 0 Å². The van der Waals surface area contributed by atoms with Crippen LogP contribution < -0.4 is 5.73 Å². The Bertz CT molecular complexity index is 606. The smallest absolute Gasteiger partial charge is 0.0952 e. The number of hydrogen-bond donors (Lipinski definition) is 1. The lowest BCUT2D eigenvalue weighted by Crippen LogP contribution is -2.25. The molecule has 3 unspecified atom stereocenters. The van der Waals surface area contributed by atoms with Crippen molar-refractivity contribution in [1.82, 2.24) is 9.55 Å². The van der Waals surface area contributed by atoms with Crippen molar-refractivity contribution in [2.45, 2.75) is 37.5 Å². The van der Waals surface area contributed by atoms with E-state index in [1.165, 1.54) is 12.8 Å². The fourth-order valence-electron chi connectivity index (χ4n) is 3.44. The summed E-state index contributed by atoms with van der Waals surface area (Å²) in [5, 5.41) is 0. The van der Waals surface area contributed by atoms with Gasteiger partial charge in [-0.15, -0.1) is 0 Å². The van der Waals surface area contributed by atoms with Gasteiger partial charge >= 0.3 is 0 Å². The monoisotopic (exact) mass is 283 g/mol. The predicted molar refractivity (Wildman–Crippen MR) is 80.8 cm³/mol. The van der Waals surface area contributed by atoms with Crippen molar-refractivity contribution >= 4 is 0 Å². The maximum absolute atomic E-state index is 6.46. The number of benzene rings is 1. The molecule has 2 aliphatic rings. The molecule has 0 bridgehead atoms. The molecule has 0 amide bonds. The zero-order chi connectivity index (χ0) is 14.2. The Morgan fingerprint density at radius 3 is 2.76 bits per heavy atom. The first kappa shape index (κ1) is 13.0. The summed E-state index contributed by atoms with van der Waals surface area (Å²) in [4.78, 5) is 4.35. The van der Waals surface area contributed by atoms with Gasteiger partial charge in [-0.2, -0.15) is 0 Å². The van der Waals surface area contributed by atoms with Crippen LogP contribution in [0.1, 0.15) is 42.6 Å². The summed E-state index contributed by atoms with van der Waals surface area (Å²) in [5.74, 6) is 0.737. The Balaban J connectivity index is 1.64. The third-order valence-electron chi connectivity index (χ3n) is 4.72. The number of ether oxygens (including phenoxy) is 1. The number of rotatable bonds is 4. The van der Waals surface area contributed by atoms with Crippen LogP contribution in [0.3, 0.4) is 0 Å². The normalized spacial score (nSPS) is 26.9. The van der Waals surface area contributed by atoms with Gasteiger partial charge in [0.05, 0.1) is 36.4 Å². The molecule has 3 atom stereocenters. The summed E-state index contributed by atoms with van der Waals surface area (Å²) < 4.78 is 8.22. The Kier molecular flexibility index (Phi) is 3.28. The predicted octanol–water partition coefficient (Wildman–Crippen LogP) is 2.67. The first-order chi connectivity index (χ1) is 10.3. The summed E-state index contributed by atoms with van der Waals surface area (Å²) in [5.41, 5.74) is 8.68. The largest absolute Gasteiger partial charge is 0.376 e. The van der Waals surface area contributed by atoms with Crippen molar-refractivity contribution in [3.8, 4) is 0 Å². The van der Waals surface area contributed by atoms with Crippen molar-refractivity contribution in [2.24, 2.45) is 11.7 Å². The zero-order valence-electron chi connectivity index (χ0n) is 12.1.